The average Bonchev–Trinajstić information content (AvgIpc) is 3.20. The molecule has 0 fully saturated rings. The molecule has 0 unspecified atom stereocenters. The van der Waals surface area contributed by atoms with E-state index in [4.69, 9.17) is 4.74 Å². The van der Waals surface area contributed by atoms with E-state index in [0.717, 1.165) is 21.9 Å². The fraction of sp³-hybridized carbons (Fsp3) is 0.143. The van der Waals surface area contributed by atoms with Crippen LogP contribution in [0, 0.1) is 0 Å². The Morgan fingerprint density at radius 3 is 2.69 bits per heavy atom. The average molecular weight is 391 g/mol. The van der Waals surface area contributed by atoms with Crippen molar-refractivity contribution >= 4 is 34.1 Å². The van der Waals surface area contributed by atoms with Gasteiger partial charge >= 0.3 is 17.1 Å². The first-order valence-electron chi connectivity index (χ1n) is 9.00. The van der Waals surface area contributed by atoms with Gasteiger partial charge in [0.15, 0.2) is 6.29 Å². The van der Waals surface area contributed by atoms with Crippen LogP contribution in [0.1, 0.15) is 17.3 Å². The van der Waals surface area contributed by atoms with E-state index >= 15 is 0 Å². The predicted octanol–water partition coefficient (Wildman–Crippen LogP) is 2.01. The Balaban J connectivity index is 2.01. The summed E-state index contributed by atoms with van der Waals surface area (Å²) in [7, 11) is 0. The largest absolute Gasteiger partial charge is 0.465 e. The lowest BCUT2D eigenvalue weighted by Crippen LogP contribution is -2.38. The van der Waals surface area contributed by atoms with Gasteiger partial charge in [-0.25, -0.2) is 0 Å². The van der Waals surface area contributed by atoms with Crippen molar-refractivity contribution in [2.45, 2.75) is 13.5 Å². The molecule has 0 aliphatic carbocycles. The van der Waals surface area contributed by atoms with Gasteiger partial charge in [-0.15, -0.1) is 0 Å². The van der Waals surface area contributed by atoms with Gasteiger partial charge in [0.1, 0.15) is 6.54 Å². The highest BCUT2D eigenvalue weighted by Crippen LogP contribution is 2.26. The number of carbonyl (C=O) groups excluding carboxylic acids is 2. The number of aromatic nitrogens is 3. The SMILES string of the molecule is CCOC(=O)Cn1c(=O)c(=O)[nH]c2ccc3ccc(-n4ccc(C=O)c4)cc3c21. The van der Waals surface area contributed by atoms with Crippen molar-refractivity contribution in [2.24, 2.45) is 0 Å². The van der Waals surface area contributed by atoms with Crippen LogP contribution in [0.3, 0.4) is 0 Å². The highest BCUT2D eigenvalue weighted by molar-refractivity contribution is 6.05. The van der Waals surface area contributed by atoms with Gasteiger partial charge in [0, 0.05) is 29.0 Å². The number of nitrogens with zero attached hydrogens (tertiary/aromatic N) is 2. The minimum Gasteiger partial charge on any atom is -0.465 e. The second-order valence-electron chi connectivity index (χ2n) is 6.49. The summed E-state index contributed by atoms with van der Waals surface area (Å²) in [4.78, 5) is 50.2. The molecule has 4 aromatic rings. The van der Waals surface area contributed by atoms with Crippen LogP contribution in [0.2, 0.25) is 0 Å². The molecule has 8 heteroatoms. The molecule has 0 spiro atoms. The molecule has 8 nitrogen and oxygen atoms in total. The van der Waals surface area contributed by atoms with E-state index in [2.05, 4.69) is 4.98 Å². The Hall–Kier alpha value is -3.94. The summed E-state index contributed by atoms with van der Waals surface area (Å²) < 4.78 is 7.88. The molecule has 0 bridgehead atoms. The molecule has 146 valence electrons. The van der Waals surface area contributed by atoms with Gasteiger partial charge < -0.3 is 14.3 Å². The molecule has 1 N–H and O–H groups in total. The van der Waals surface area contributed by atoms with Crippen LogP contribution in [0.5, 0.6) is 0 Å². The molecular formula is C21H17N3O5. The zero-order valence-electron chi connectivity index (χ0n) is 15.5. The highest BCUT2D eigenvalue weighted by atomic mass is 16.5. The maximum Gasteiger partial charge on any atom is 0.326 e. The number of carbonyl (C=O) groups is 2. The van der Waals surface area contributed by atoms with E-state index in [1.807, 2.05) is 24.3 Å². The fourth-order valence-corrected chi connectivity index (χ4v) is 3.37. The molecule has 4 rings (SSSR count). The highest BCUT2D eigenvalue weighted by Gasteiger charge is 2.15. The van der Waals surface area contributed by atoms with Crippen LogP contribution in [0.15, 0.2) is 58.4 Å². The zero-order chi connectivity index (χ0) is 20.5. The van der Waals surface area contributed by atoms with Crippen LogP contribution in [-0.4, -0.2) is 33.0 Å². The van der Waals surface area contributed by atoms with Crippen molar-refractivity contribution in [3.63, 3.8) is 0 Å². The van der Waals surface area contributed by atoms with Crippen molar-refractivity contribution < 1.29 is 14.3 Å². The molecule has 0 amide bonds. The van der Waals surface area contributed by atoms with E-state index in [9.17, 15) is 19.2 Å². The van der Waals surface area contributed by atoms with Gasteiger partial charge in [-0.05, 0) is 36.6 Å². The topological polar surface area (TPSA) is 103 Å². The van der Waals surface area contributed by atoms with E-state index in [-0.39, 0.29) is 13.2 Å². The monoisotopic (exact) mass is 391 g/mol. The number of aldehydes is 1. The first-order chi connectivity index (χ1) is 14.0. The zero-order valence-corrected chi connectivity index (χ0v) is 15.5. The first kappa shape index (κ1) is 18.4. The van der Waals surface area contributed by atoms with Crippen LogP contribution in [0.25, 0.3) is 27.5 Å². The molecule has 0 aliphatic rings. The second kappa shape index (κ2) is 7.23. The Bertz CT molecular complexity index is 1380. The van der Waals surface area contributed by atoms with Gasteiger partial charge in [0.25, 0.3) is 0 Å². The lowest BCUT2D eigenvalue weighted by atomic mass is 10.1. The summed E-state index contributed by atoms with van der Waals surface area (Å²) in [5, 5.41) is 1.51. The lowest BCUT2D eigenvalue weighted by Gasteiger charge is -2.13. The van der Waals surface area contributed by atoms with Crippen molar-refractivity contribution in [3.8, 4) is 5.69 Å². The Morgan fingerprint density at radius 2 is 1.97 bits per heavy atom. The molecule has 2 aromatic carbocycles. The lowest BCUT2D eigenvalue weighted by molar-refractivity contribution is -0.143. The summed E-state index contributed by atoms with van der Waals surface area (Å²) in [6.45, 7) is 1.48. The number of esters is 1. The summed E-state index contributed by atoms with van der Waals surface area (Å²) in [5.41, 5.74) is 0.534. The summed E-state index contributed by atoms with van der Waals surface area (Å²) in [5.74, 6) is -0.601. The van der Waals surface area contributed by atoms with E-state index < -0.39 is 17.1 Å². The molecule has 0 aliphatic heterocycles. The van der Waals surface area contributed by atoms with Crippen LogP contribution < -0.4 is 11.1 Å². The van der Waals surface area contributed by atoms with Gasteiger partial charge in [0.05, 0.1) is 17.6 Å². The maximum absolute atomic E-state index is 12.5. The van der Waals surface area contributed by atoms with Crippen LogP contribution in [-0.2, 0) is 16.1 Å². The van der Waals surface area contributed by atoms with Gasteiger partial charge in [-0.1, -0.05) is 12.1 Å². The fourth-order valence-electron chi connectivity index (χ4n) is 3.37. The number of nitrogens with one attached hydrogen (secondary N) is 1. The summed E-state index contributed by atoms with van der Waals surface area (Å²) in [6.07, 6.45) is 4.20. The maximum atomic E-state index is 12.5. The Morgan fingerprint density at radius 1 is 1.17 bits per heavy atom. The number of rotatable bonds is 5. The second-order valence-corrected chi connectivity index (χ2v) is 6.49. The van der Waals surface area contributed by atoms with E-state index in [1.165, 1.54) is 0 Å². The number of benzene rings is 2. The van der Waals surface area contributed by atoms with Crippen molar-refractivity contribution in [1.29, 1.82) is 0 Å². The third-order valence-corrected chi connectivity index (χ3v) is 4.68. The molecule has 0 atom stereocenters. The van der Waals surface area contributed by atoms with Gasteiger partial charge in [-0.3, -0.25) is 23.7 Å². The van der Waals surface area contributed by atoms with Gasteiger partial charge in [-0.2, -0.15) is 0 Å². The number of H-pyrrole nitrogens is 1. The Labute approximate surface area is 164 Å². The van der Waals surface area contributed by atoms with Crippen molar-refractivity contribution in [2.75, 3.05) is 6.61 Å². The van der Waals surface area contributed by atoms with Crippen LogP contribution in [0.4, 0.5) is 0 Å². The molecule has 29 heavy (non-hydrogen) atoms. The standard InChI is InChI=1S/C21H17N3O5/c1-2-29-18(26)11-24-19-16-9-15(23-8-7-13(10-23)12-25)5-3-14(16)4-6-17(19)22-20(27)21(24)28/h3-10,12H,2,11H2,1H3,(H,22,27). The minimum absolute atomic E-state index is 0.173. The quantitative estimate of drug-likeness (QED) is 0.243. The van der Waals surface area contributed by atoms with Gasteiger partial charge in [0.2, 0.25) is 0 Å². The number of hydrogen-bond donors (Lipinski definition) is 1. The number of hydrogen-bond acceptors (Lipinski definition) is 5. The molecule has 0 saturated heterocycles. The predicted molar refractivity (Wildman–Crippen MR) is 108 cm³/mol. The minimum atomic E-state index is -0.826. The van der Waals surface area contributed by atoms with Crippen molar-refractivity contribution in [3.05, 3.63) is 75.1 Å². The smallest absolute Gasteiger partial charge is 0.326 e. The van der Waals surface area contributed by atoms with E-state index in [0.29, 0.717) is 22.0 Å². The normalized spacial score (nSPS) is 11.1. The molecule has 2 aromatic heterocycles. The molecule has 0 radical (unpaired) electrons. The summed E-state index contributed by atoms with van der Waals surface area (Å²) >= 11 is 0. The van der Waals surface area contributed by atoms with Crippen molar-refractivity contribution in [1.82, 2.24) is 14.1 Å². The third kappa shape index (κ3) is 3.25. The first-order valence-corrected chi connectivity index (χ1v) is 9.00. The number of ether oxygens (including phenoxy) is 1. The number of aromatic amines is 1. The molecule has 0 saturated carbocycles. The van der Waals surface area contributed by atoms with Crippen LogP contribution >= 0.6 is 0 Å². The Kier molecular flexibility index (Phi) is 4.59. The molecular weight excluding hydrogens is 374 g/mol. The molecule has 2 heterocycles. The third-order valence-electron chi connectivity index (χ3n) is 4.68. The number of fused-ring (bicyclic) bond motifs is 3. The summed E-state index contributed by atoms with van der Waals surface area (Å²) in [6, 6.07) is 10.8. The van der Waals surface area contributed by atoms with E-state index in [1.54, 1.807) is 36.0 Å².